The van der Waals surface area contributed by atoms with Crippen LogP contribution in [0.2, 0.25) is 0 Å². The highest BCUT2D eigenvalue weighted by atomic mass is 16.2. The van der Waals surface area contributed by atoms with E-state index in [1.165, 1.54) is 0 Å². The minimum atomic E-state index is -0.337. The molecular weight excluding hydrogens is 350 g/mol. The van der Waals surface area contributed by atoms with E-state index in [0.29, 0.717) is 17.2 Å². The minimum absolute atomic E-state index is 0.137. The maximum Gasteiger partial charge on any atom is 0.257 e. The van der Waals surface area contributed by atoms with E-state index >= 15 is 0 Å². The lowest BCUT2D eigenvalue weighted by molar-refractivity contribution is -0.116. The molecule has 136 valence electrons. The number of carbonyl (C=O) groups excluding carboxylic acids is 1. The molecule has 5 rings (SSSR count). The van der Waals surface area contributed by atoms with Gasteiger partial charge in [0.25, 0.3) is 5.56 Å². The van der Waals surface area contributed by atoms with Crippen LogP contribution in [-0.2, 0) is 4.79 Å². The number of hydrogen-bond donors (Lipinski definition) is 2. The summed E-state index contributed by atoms with van der Waals surface area (Å²) in [5, 5.41) is 4.91. The van der Waals surface area contributed by atoms with Crippen molar-refractivity contribution >= 4 is 22.5 Å². The summed E-state index contributed by atoms with van der Waals surface area (Å²) in [4.78, 5) is 32.9. The van der Waals surface area contributed by atoms with Gasteiger partial charge in [-0.1, -0.05) is 72.8 Å². The number of H-pyrrole nitrogens is 1. The van der Waals surface area contributed by atoms with E-state index in [1.54, 1.807) is 0 Å². The average Bonchev–Trinajstić information content (AvgIpc) is 2.73. The van der Waals surface area contributed by atoms with E-state index in [9.17, 15) is 9.59 Å². The third-order valence-electron chi connectivity index (χ3n) is 5.20. The van der Waals surface area contributed by atoms with Gasteiger partial charge in [-0.05, 0) is 16.3 Å². The lowest BCUT2D eigenvalue weighted by atomic mass is 9.84. The Hall–Kier alpha value is -3.73. The van der Waals surface area contributed by atoms with Crippen molar-refractivity contribution in [1.82, 2.24) is 9.97 Å². The number of aromatic amines is 1. The number of fused-ring (bicyclic) bond motifs is 2. The Morgan fingerprint density at radius 2 is 1.61 bits per heavy atom. The van der Waals surface area contributed by atoms with Crippen LogP contribution in [0.5, 0.6) is 0 Å². The highest BCUT2D eigenvalue weighted by Crippen LogP contribution is 2.37. The van der Waals surface area contributed by atoms with Crippen molar-refractivity contribution in [2.24, 2.45) is 0 Å². The van der Waals surface area contributed by atoms with Crippen molar-refractivity contribution in [3.63, 3.8) is 0 Å². The summed E-state index contributed by atoms with van der Waals surface area (Å²) < 4.78 is 0. The molecule has 28 heavy (non-hydrogen) atoms. The highest BCUT2D eigenvalue weighted by molar-refractivity contribution is 5.96. The van der Waals surface area contributed by atoms with Crippen molar-refractivity contribution in [3.8, 4) is 11.4 Å². The first-order valence-electron chi connectivity index (χ1n) is 9.18. The molecule has 1 aromatic heterocycles. The Kier molecular flexibility index (Phi) is 3.79. The molecule has 1 aliphatic rings. The molecule has 0 radical (unpaired) electrons. The van der Waals surface area contributed by atoms with Crippen LogP contribution in [0.1, 0.15) is 23.5 Å². The Morgan fingerprint density at radius 1 is 0.857 bits per heavy atom. The van der Waals surface area contributed by atoms with Gasteiger partial charge in [0.2, 0.25) is 5.91 Å². The van der Waals surface area contributed by atoms with Crippen molar-refractivity contribution in [2.45, 2.75) is 12.3 Å². The quantitative estimate of drug-likeness (QED) is 0.561. The molecule has 0 saturated heterocycles. The van der Waals surface area contributed by atoms with Crippen LogP contribution in [0, 0.1) is 0 Å². The third kappa shape index (κ3) is 2.68. The lowest BCUT2D eigenvalue weighted by Crippen LogP contribution is -2.31. The number of nitrogens with one attached hydrogen (secondary N) is 2. The van der Waals surface area contributed by atoms with Gasteiger partial charge in [0.15, 0.2) is 0 Å². The zero-order valence-electron chi connectivity index (χ0n) is 15.0. The molecule has 1 amide bonds. The van der Waals surface area contributed by atoms with Gasteiger partial charge < -0.3 is 10.3 Å². The molecule has 4 aromatic rings. The van der Waals surface area contributed by atoms with Crippen LogP contribution in [0.15, 0.2) is 77.6 Å². The molecule has 5 nitrogen and oxygen atoms in total. The molecule has 0 fully saturated rings. The maximum absolute atomic E-state index is 13.0. The molecule has 5 heteroatoms. The number of anilines is 1. The number of benzene rings is 3. The SMILES string of the molecule is O=C1C[C@@H](c2cccc3ccccc23)c2c(nc(-c3ccccc3)[nH]c2=O)N1. The zero-order valence-corrected chi connectivity index (χ0v) is 15.0. The molecule has 2 N–H and O–H groups in total. The Balaban J connectivity index is 1.72. The van der Waals surface area contributed by atoms with E-state index in [2.05, 4.69) is 15.3 Å². The molecule has 0 aliphatic carbocycles. The first kappa shape index (κ1) is 16.4. The summed E-state index contributed by atoms with van der Waals surface area (Å²) >= 11 is 0. The van der Waals surface area contributed by atoms with Crippen LogP contribution < -0.4 is 10.9 Å². The minimum Gasteiger partial charge on any atom is -0.310 e. The van der Waals surface area contributed by atoms with Crippen molar-refractivity contribution in [3.05, 3.63) is 94.3 Å². The van der Waals surface area contributed by atoms with E-state index in [1.807, 2.05) is 72.8 Å². The van der Waals surface area contributed by atoms with Crippen LogP contribution in [-0.4, -0.2) is 15.9 Å². The summed E-state index contributed by atoms with van der Waals surface area (Å²) in [6.45, 7) is 0. The molecule has 0 unspecified atom stereocenters. The fourth-order valence-electron chi connectivity index (χ4n) is 3.92. The topological polar surface area (TPSA) is 74.8 Å². The molecule has 3 aromatic carbocycles. The second kappa shape index (κ2) is 6.46. The molecule has 0 saturated carbocycles. The normalized spacial score (nSPS) is 15.9. The largest absolute Gasteiger partial charge is 0.310 e. The monoisotopic (exact) mass is 367 g/mol. The average molecular weight is 367 g/mol. The van der Waals surface area contributed by atoms with E-state index in [0.717, 1.165) is 21.9 Å². The first-order chi connectivity index (χ1) is 13.7. The fraction of sp³-hybridized carbons (Fsp3) is 0.0870. The van der Waals surface area contributed by atoms with Gasteiger partial charge in [0.1, 0.15) is 11.6 Å². The molecule has 2 heterocycles. The van der Waals surface area contributed by atoms with Crippen molar-refractivity contribution in [1.29, 1.82) is 0 Å². The molecule has 0 bridgehead atoms. The Morgan fingerprint density at radius 3 is 2.46 bits per heavy atom. The van der Waals surface area contributed by atoms with Crippen LogP contribution in [0.3, 0.4) is 0 Å². The van der Waals surface area contributed by atoms with Gasteiger partial charge in [-0.2, -0.15) is 0 Å². The second-order valence-electron chi connectivity index (χ2n) is 6.92. The summed E-state index contributed by atoms with van der Waals surface area (Å²) in [6.07, 6.45) is 0.219. The highest BCUT2D eigenvalue weighted by Gasteiger charge is 2.31. The number of hydrogen-bond acceptors (Lipinski definition) is 3. The number of carbonyl (C=O) groups is 1. The molecule has 1 atom stereocenters. The first-order valence-corrected chi connectivity index (χ1v) is 9.18. The predicted molar refractivity (Wildman–Crippen MR) is 109 cm³/mol. The summed E-state index contributed by atoms with van der Waals surface area (Å²) in [5.74, 6) is 0.318. The Labute approximate surface area is 161 Å². The van der Waals surface area contributed by atoms with Gasteiger partial charge in [-0.15, -0.1) is 0 Å². The number of aromatic nitrogens is 2. The van der Waals surface area contributed by atoms with E-state index in [-0.39, 0.29) is 23.8 Å². The zero-order chi connectivity index (χ0) is 19.1. The summed E-state index contributed by atoms with van der Waals surface area (Å²) in [5.41, 5.74) is 2.05. The summed E-state index contributed by atoms with van der Waals surface area (Å²) in [6, 6.07) is 23.4. The van der Waals surface area contributed by atoms with Crippen LogP contribution in [0.25, 0.3) is 22.2 Å². The van der Waals surface area contributed by atoms with Gasteiger partial charge in [-0.25, -0.2) is 4.98 Å². The van der Waals surface area contributed by atoms with Gasteiger partial charge in [0.05, 0.1) is 5.56 Å². The van der Waals surface area contributed by atoms with Crippen LogP contribution >= 0.6 is 0 Å². The molecule has 0 spiro atoms. The number of nitrogens with zero attached hydrogens (tertiary/aromatic N) is 1. The molecule has 1 aliphatic heterocycles. The van der Waals surface area contributed by atoms with Gasteiger partial charge >= 0.3 is 0 Å². The smallest absolute Gasteiger partial charge is 0.257 e. The van der Waals surface area contributed by atoms with Gasteiger partial charge in [0, 0.05) is 17.9 Å². The van der Waals surface area contributed by atoms with Gasteiger partial charge in [-0.3, -0.25) is 9.59 Å². The standard InChI is InChI=1S/C23H17N3O2/c27-19-13-18(17-12-6-10-14-7-4-5-11-16(14)17)20-22(24-19)25-21(26-23(20)28)15-8-2-1-3-9-15/h1-12,18H,13H2,(H2,24,25,26,27,28)/t18-/m0/s1. The van der Waals surface area contributed by atoms with Crippen LogP contribution in [0.4, 0.5) is 5.82 Å². The summed E-state index contributed by atoms with van der Waals surface area (Å²) in [7, 11) is 0. The van der Waals surface area contributed by atoms with E-state index in [4.69, 9.17) is 0 Å². The van der Waals surface area contributed by atoms with Crippen molar-refractivity contribution in [2.75, 3.05) is 5.32 Å². The third-order valence-corrected chi connectivity index (χ3v) is 5.20. The number of rotatable bonds is 2. The predicted octanol–water partition coefficient (Wildman–Crippen LogP) is 4.06. The fourth-order valence-corrected chi connectivity index (χ4v) is 3.92. The van der Waals surface area contributed by atoms with Crippen molar-refractivity contribution < 1.29 is 4.79 Å². The number of amides is 1. The second-order valence-corrected chi connectivity index (χ2v) is 6.92. The molecular formula is C23H17N3O2. The maximum atomic E-state index is 13.0. The lowest BCUT2D eigenvalue weighted by Gasteiger charge is -2.25. The Bertz CT molecular complexity index is 1260. The van der Waals surface area contributed by atoms with E-state index < -0.39 is 0 Å².